The Morgan fingerprint density at radius 2 is 1.68 bits per heavy atom. The summed E-state index contributed by atoms with van der Waals surface area (Å²) in [7, 11) is -3.55. The van der Waals surface area contributed by atoms with Crippen molar-refractivity contribution in [3.63, 3.8) is 0 Å². The van der Waals surface area contributed by atoms with Crippen LogP contribution >= 0.6 is 11.8 Å². The Morgan fingerprint density at radius 3 is 2.32 bits per heavy atom. The van der Waals surface area contributed by atoms with Crippen molar-refractivity contribution in [2.24, 2.45) is 0 Å². The number of sulfonamides is 1. The molecule has 0 unspecified atom stereocenters. The molecule has 3 heterocycles. The predicted octanol–water partition coefficient (Wildman–Crippen LogP) is 2.61. The van der Waals surface area contributed by atoms with Gasteiger partial charge in [0.1, 0.15) is 0 Å². The van der Waals surface area contributed by atoms with Gasteiger partial charge in [0.25, 0.3) is 0 Å². The number of aromatic nitrogens is 4. The Balaban J connectivity index is 1.20. The lowest BCUT2D eigenvalue weighted by Crippen LogP contribution is -2.50. The first-order valence-corrected chi connectivity index (χ1v) is 13.7. The van der Waals surface area contributed by atoms with Crippen molar-refractivity contribution in [1.82, 2.24) is 29.0 Å². The number of pyridine rings is 1. The van der Waals surface area contributed by atoms with Crippen LogP contribution in [0.15, 0.2) is 58.8 Å². The number of carbonyl (C=O) groups is 1. The molecule has 2 aliphatic rings. The van der Waals surface area contributed by atoms with E-state index in [9.17, 15) is 13.2 Å². The van der Waals surface area contributed by atoms with Crippen LogP contribution < -0.4 is 0 Å². The maximum absolute atomic E-state index is 12.9. The predicted molar refractivity (Wildman–Crippen MR) is 129 cm³/mol. The van der Waals surface area contributed by atoms with Gasteiger partial charge >= 0.3 is 0 Å². The van der Waals surface area contributed by atoms with Gasteiger partial charge in [-0.15, -0.1) is 10.2 Å². The van der Waals surface area contributed by atoms with E-state index < -0.39 is 10.0 Å². The standard InChI is InChI=1S/C23H26N6O3S2/c1-17-2-6-20(7-3-17)34(31,32)28-14-12-27(13-15-28)21(30)16-33-23-26-25-22(29(23)19-4-5-19)18-8-10-24-11-9-18/h2-3,6-11,19H,4-5,12-16H2,1H3. The minimum Gasteiger partial charge on any atom is -0.339 e. The molecule has 34 heavy (non-hydrogen) atoms. The molecule has 3 aromatic rings. The zero-order valence-corrected chi connectivity index (χ0v) is 20.5. The van der Waals surface area contributed by atoms with Crippen molar-refractivity contribution < 1.29 is 13.2 Å². The summed E-state index contributed by atoms with van der Waals surface area (Å²) in [5, 5.41) is 9.47. The highest BCUT2D eigenvalue weighted by molar-refractivity contribution is 7.99. The summed E-state index contributed by atoms with van der Waals surface area (Å²) >= 11 is 1.39. The molecule has 1 saturated heterocycles. The van der Waals surface area contributed by atoms with Gasteiger partial charge in [-0.2, -0.15) is 4.31 Å². The SMILES string of the molecule is Cc1ccc(S(=O)(=O)N2CCN(C(=O)CSc3nnc(-c4ccncc4)n3C3CC3)CC2)cc1. The van der Waals surface area contributed by atoms with E-state index in [0.29, 0.717) is 19.1 Å². The minimum absolute atomic E-state index is 0.0202. The second kappa shape index (κ2) is 9.47. The number of thioether (sulfide) groups is 1. The molecule has 1 aliphatic carbocycles. The van der Waals surface area contributed by atoms with Crippen molar-refractivity contribution in [3.05, 3.63) is 54.4 Å². The molecule has 1 saturated carbocycles. The Morgan fingerprint density at radius 1 is 1.00 bits per heavy atom. The van der Waals surface area contributed by atoms with Crippen LogP contribution in [0.3, 0.4) is 0 Å². The van der Waals surface area contributed by atoms with Crippen molar-refractivity contribution in [3.8, 4) is 11.4 Å². The average molecular weight is 499 g/mol. The second-order valence-electron chi connectivity index (χ2n) is 8.53. The van der Waals surface area contributed by atoms with Crippen molar-refractivity contribution in [2.45, 2.75) is 35.9 Å². The molecule has 2 aromatic heterocycles. The fourth-order valence-electron chi connectivity index (χ4n) is 3.99. The Labute approximate surface area is 203 Å². The summed E-state index contributed by atoms with van der Waals surface area (Å²) in [6.45, 7) is 3.25. The molecule has 9 nitrogen and oxygen atoms in total. The fourth-order valence-corrected chi connectivity index (χ4v) is 6.32. The molecule has 11 heteroatoms. The van der Waals surface area contributed by atoms with Crippen molar-refractivity contribution in [1.29, 1.82) is 0 Å². The van der Waals surface area contributed by atoms with Crippen LogP contribution in [0.1, 0.15) is 24.4 Å². The number of benzene rings is 1. The molecule has 5 rings (SSSR count). The first kappa shape index (κ1) is 23.0. The third kappa shape index (κ3) is 4.73. The topological polar surface area (TPSA) is 101 Å². The van der Waals surface area contributed by atoms with Crippen LogP contribution in [0.5, 0.6) is 0 Å². The number of carbonyl (C=O) groups excluding carboxylic acids is 1. The van der Waals surface area contributed by atoms with Gasteiger partial charge in [-0.1, -0.05) is 29.5 Å². The van der Waals surface area contributed by atoms with E-state index in [-0.39, 0.29) is 29.6 Å². The quantitative estimate of drug-likeness (QED) is 0.462. The molecular formula is C23H26N6O3S2. The highest BCUT2D eigenvalue weighted by atomic mass is 32.2. The Kier molecular flexibility index (Phi) is 6.41. The molecule has 0 bridgehead atoms. The number of amides is 1. The third-order valence-corrected chi connectivity index (χ3v) is 8.93. The van der Waals surface area contributed by atoms with Gasteiger partial charge in [0.05, 0.1) is 10.6 Å². The van der Waals surface area contributed by atoms with Gasteiger partial charge in [-0.25, -0.2) is 8.42 Å². The minimum atomic E-state index is -3.55. The molecule has 0 radical (unpaired) electrons. The van der Waals surface area contributed by atoms with Crippen LogP contribution in [-0.4, -0.2) is 75.2 Å². The number of aryl methyl sites for hydroxylation is 1. The van der Waals surface area contributed by atoms with E-state index >= 15 is 0 Å². The van der Waals surface area contributed by atoms with Gasteiger partial charge in [0.15, 0.2) is 11.0 Å². The first-order chi connectivity index (χ1) is 16.4. The van der Waals surface area contributed by atoms with E-state index in [2.05, 4.69) is 19.7 Å². The molecule has 0 atom stereocenters. The van der Waals surface area contributed by atoms with E-state index in [1.165, 1.54) is 16.1 Å². The smallest absolute Gasteiger partial charge is 0.243 e. The van der Waals surface area contributed by atoms with Crippen LogP contribution in [-0.2, 0) is 14.8 Å². The zero-order valence-electron chi connectivity index (χ0n) is 18.9. The highest BCUT2D eigenvalue weighted by Crippen LogP contribution is 2.41. The summed E-state index contributed by atoms with van der Waals surface area (Å²) in [5.41, 5.74) is 1.97. The van der Waals surface area contributed by atoms with Gasteiger partial charge in [0.2, 0.25) is 15.9 Å². The molecule has 2 fully saturated rings. The lowest BCUT2D eigenvalue weighted by molar-refractivity contribution is -0.129. The highest BCUT2D eigenvalue weighted by Gasteiger charge is 2.32. The number of piperazine rings is 1. The van der Waals surface area contributed by atoms with Crippen LogP contribution in [0.2, 0.25) is 0 Å². The number of hydrogen-bond acceptors (Lipinski definition) is 7. The molecule has 0 spiro atoms. The number of rotatable bonds is 7. The maximum Gasteiger partial charge on any atom is 0.243 e. The molecule has 1 aromatic carbocycles. The van der Waals surface area contributed by atoms with Gasteiger partial charge in [-0.05, 0) is 44.0 Å². The largest absolute Gasteiger partial charge is 0.339 e. The molecule has 178 valence electrons. The van der Waals surface area contributed by atoms with Crippen LogP contribution in [0, 0.1) is 6.92 Å². The molecule has 1 aliphatic heterocycles. The summed E-state index contributed by atoms with van der Waals surface area (Å²) < 4.78 is 29.4. The van der Waals surface area contributed by atoms with Gasteiger partial charge < -0.3 is 4.90 Å². The fraction of sp³-hybridized carbons (Fsp3) is 0.391. The molecule has 1 amide bonds. The second-order valence-corrected chi connectivity index (χ2v) is 11.4. The van der Waals surface area contributed by atoms with Crippen molar-refractivity contribution in [2.75, 3.05) is 31.9 Å². The van der Waals surface area contributed by atoms with E-state index in [4.69, 9.17) is 0 Å². The van der Waals surface area contributed by atoms with Crippen LogP contribution in [0.4, 0.5) is 0 Å². The Bertz CT molecular complexity index is 1270. The lowest BCUT2D eigenvalue weighted by atomic mass is 10.2. The van der Waals surface area contributed by atoms with Crippen molar-refractivity contribution >= 4 is 27.7 Å². The summed E-state index contributed by atoms with van der Waals surface area (Å²) in [5.74, 6) is 1.02. The van der Waals surface area contributed by atoms with Gasteiger partial charge in [0, 0.05) is 50.2 Å². The number of hydrogen-bond donors (Lipinski definition) is 0. The summed E-state index contributed by atoms with van der Waals surface area (Å²) in [6, 6.07) is 11.0. The monoisotopic (exact) mass is 498 g/mol. The number of nitrogens with zero attached hydrogens (tertiary/aromatic N) is 6. The van der Waals surface area contributed by atoms with E-state index in [1.807, 2.05) is 19.1 Å². The van der Waals surface area contributed by atoms with Crippen LogP contribution in [0.25, 0.3) is 11.4 Å². The normalized spacial score (nSPS) is 17.1. The van der Waals surface area contributed by atoms with Gasteiger partial charge in [-0.3, -0.25) is 14.3 Å². The summed E-state index contributed by atoms with van der Waals surface area (Å²) in [4.78, 5) is 19.0. The third-order valence-electron chi connectivity index (χ3n) is 6.09. The zero-order chi connectivity index (χ0) is 23.7. The van der Waals surface area contributed by atoms with E-state index in [1.54, 1.807) is 41.6 Å². The summed E-state index contributed by atoms with van der Waals surface area (Å²) in [6.07, 6.45) is 5.62. The average Bonchev–Trinajstić information content (AvgIpc) is 3.62. The first-order valence-electron chi connectivity index (χ1n) is 11.3. The Hall–Kier alpha value is -2.76. The van der Waals surface area contributed by atoms with E-state index in [0.717, 1.165) is 34.9 Å². The maximum atomic E-state index is 12.9. The molecule has 0 N–H and O–H groups in total. The lowest BCUT2D eigenvalue weighted by Gasteiger charge is -2.34. The molecular weight excluding hydrogens is 472 g/mol.